The Morgan fingerprint density at radius 2 is 1.93 bits per heavy atom. The maximum absolute atomic E-state index is 8.41. The Kier molecular flexibility index (Phi) is 4.45. The minimum Gasteiger partial charge on any atom is -0.0863 e. The molecule has 3 heteroatoms. The molecule has 1 aromatic rings. The van der Waals surface area contributed by atoms with E-state index in [1.165, 1.54) is 0 Å². The predicted molar refractivity (Wildman–Crippen MR) is 63.2 cm³/mol. The summed E-state index contributed by atoms with van der Waals surface area (Å²) in [5.74, 6) is 0.320. The molecule has 15 heavy (non-hydrogen) atoms. The smallest absolute Gasteiger partial charge is 0.0581 e. The summed E-state index contributed by atoms with van der Waals surface area (Å²) in [6, 6.07) is 9.91. The molecule has 0 heterocycles. The normalized spacial score (nSPS) is 12.7. The summed E-state index contributed by atoms with van der Waals surface area (Å²) < 4.78 is 0. The molecule has 78 valence electrons. The van der Waals surface area contributed by atoms with Crippen LogP contribution >= 0.6 is 0 Å². The van der Waals surface area contributed by atoms with Crippen LogP contribution in [-0.2, 0) is 0 Å². The van der Waals surface area contributed by atoms with Crippen molar-refractivity contribution in [1.29, 1.82) is 0 Å². The van der Waals surface area contributed by atoms with Crippen molar-refractivity contribution in [2.24, 2.45) is 11.0 Å². The first-order valence-corrected chi connectivity index (χ1v) is 5.01. The van der Waals surface area contributed by atoms with Gasteiger partial charge < -0.3 is 0 Å². The van der Waals surface area contributed by atoms with Crippen molar-refractivity contribution in [2.75, 3.05) is 0 Å². The molecule has 3 nitrogen and oxygen atoms in total. The first-order valence-electron chi connectivity index (χ1n) is 5.01. The third kappa shape index (κ3) is 3.88. The van der Waals surface area contributed by atoms with Crippen LogP contribution in [-0.4, -0.2) is 6.04 Å². The van der Waals surface area contributed by atoms with E-state index < -0.39 is 0 Å². The fraction of sp³-hybridized carbons (Fsp3) is 0.333. The van der Waals surface area contributed by atoms with Crippen LogP contribution in [0.3, 0.4) is 0 Å². The highest BCUT2D eigenvalue weighted by atomic mass is 15.1. The van der Waals surface area contributed by atoms with Crippen molar-refractivity contribution in [2.45, 2.75) is 19.9 Å². The van der Waals surface area contributed by atoms with E-state index in [4.69, 9.17) is 5.53 Å². The van der Waals surface area contributed by atoms with Crippen molar-refractivity contribution in [3.8, 4) is 0 Å². The lowest BCUT2D eigenvalue weighted by atomic mass is 10.0. The summed E-state index contributed by atoms with van der Waals surface area (Å²) in [6.07, 6.45) is 3.93. The Morgan fingerprint density at radius 3 is 2.47 bits per heavy atom. The van der Waals surface area contributed by atoms with Crippen LogP contribution in [0.4, 0.5) is 0 Å². The van der Waals surface area contributed by atoms with Crippen LogP contribution < -0.4 is 0 Å². The van der Waals surface area contributed by atoms with E-state index in [2.05, 4.69) is 10.0 Å². The zero-order chi connectivity index (χ0) is 11.1. The van der Waals surface area contributed by atoms with Crippen LogP contribution in [0.5, 0.6) is 0 Å². The molecule has 1 aromatic carbocycles. The monoisotopic (exact) mass is 201 g/mol. The first-order chi connectivity index (χ1) is 7.24. The maximum atomic E-state index is 8.41. The van der Waals surface area contributed by atoms with Crippen LogP contribution in [0.15, 0.2) is 41.5 Å². The predicted octanol–water partition coefficient (Wildman–Crippen LogP) is 4.03. The zero-order valence-electron chi connectivity index (χ0n) is 9.04. The number of hydrogen-bond acceptors (Lipinski definition) is 1. The fourth-order valence-electron chi connectivity index (χ4n) is 1.23. The summed E-state index contributed by atoms with van der Waals surface area (Å²) in [5.41, 5.74) is 9.53. The minimum absolute atomic E-state index is 0.0739. The van der Waals surface area contributed by atoms with Crippen LogP contribution in [0.25, 0.3) is 16.5 Å². The van der Waals surface area contributed by atoms with Gasteiger partial charge in [-0.1, -0.05) is 61.4 Å². The van der Waals surface area contributed by atoms with Crippen molar-refractivity contribution >= 4 is 6.08 Å². The Labute approximate surface area is 90.1 Å². The summed E-state index contributed by atoms with van der Waals surface area (Å²) in [5, 5.41) is 3.73. The number of rotatable bonds is 4. The SMILES string of the molecule is CC(C)C(/C=C/c1ccccc1)N=[N+]=[N-]. The third-order valence-electron chi connectivity index (χ3n) is 2.15. The van der Waals surface area contributed by atoms with Gasteiger partial charge in [0.15, 0.2) is 0 Å². The molecular weight excluding hydrogens is 186 g/mol. The number of azide groups is 1. The Bertz CT molecular complexity index is 362. The molecule has 0 aliphatic heterocycles. The van der Waals surface area contributed by atoms with E-state index in [0.717, 1.165) is 5.56 Å². The zero-order valence-corrected chi connectivity index (χ0v) is 9.04. The van der Waals surface area contributed by atoms with Crippen molar-refractivity contribution in [3.63, 3.8) is 0 Å². The van der Waals surface area contributed by atoms with E-state index in [1.807, 2.05) is 56.3 Å². The summed E-state index contributed by atoms with van der Waals surface area (Å²) in [4.78, 5) is 2.84. The summed E-state index contributed by atoms with van der Waals surface area (Å²) >= 11 is 0. The molecule has 1 atom stereocenters. The third-order valence-corrected chi connectivity index (χ3v) is 2.15. The standard InChI is InChI=1S/C12H15N3/c1-10(2)12(14-15-13)9-8-11-6-4-3-5-7-11/h3-10,12H,1-2H3/b9-8+. The van der Waals surface area contributed by atoms with Gasteiger partial charge in [-0.15, -0.1) is 0 Å². The van der Waals surface area contributed by atoms with Crippen molar-refractivity contribution in [3.05, 3.63) is 52.4 Å². The molecule has 0 aromatic heterocycles. The van der Waals surface area contributed by atoms with Gasteiger partial charge in [0.25, 0.3) is 0 Å². The molecule has 0 amide bonds. The second-order valence-electron chi connectivity index (χ2n) is 3.71. The maximum Gasteiger partial charge on any atom is 0.0581 e. The molecule has 1 rings (SSSR count). The van der Waals surface area contributed by atoms with E-state index in [-0.39, 0.29) is 6.04 Å². The number of hydrogen-bond donors (Lipinski definition) is 0. The van der Waals surface area contributed by atoms with E-state index >= 15 is 0 Å². The van der Waals surface area contributed by atoms with Crippen LogP contribution in [0.2, 0.25) is 0 Å². The molecule has 0 aliphatic rings. The van der Waals surface area contributed by atoms with E-state index in [1.54, 1.807) is 0 Å². The number of nitrogens with zero attached hydrogens (tertiary/aromatic N) is 3. The highest BCUT2D eigenvalue weighted by molar-refractivity contribution is 5.49. The Morgan fingerprint density at radius 1 is 1.27 bits per heavy atom. The lowest BCUT2D eigenvalue weighted by Gasteiger charge is -2.09. The molecule has 0 spiro atoms. The lowest BCUT2D eigenvalue weighted by molar-refractivity contribution is 0.570. The van der Waals surface area contributed by atoms with Gasteiger partial charge in [-0.05, 0) is 17.0 Å². The lowest BCUT2D eigenvalue weighted by Crippen LogP contribution is -2.07. The second kappa shape index (κ2) is 5.89. The molecule has 0 fully saturated rings. The fourth-order valence-corrected chi connectivity index (χ4v) is 1.23. The molecule has 0 bridgehead atoms. The van der Waals surface area contributed by atoms with Gasteiger partial charge in [0.1, 0.15) is 0 Å². The number of benzene rings is 1. The molecule has 0 N–H and O–H groups in total. The van der Waals surface area contributed by atoms with Crippen molar-refractivity contribution in [1.82, 2.24) is 0 Å². The molecule has 0 saturated heterocycles. The Balaban J connectivity index is 2.74. The van der Waals surface area contributed by atoms with Crippen LogP contribution in [0.1, 0.15) is 19.4 Å². The minimum atomic E-state index is -0.0739. The van der Waals surface area contributed by atoms with E-state index in [0.29, 0.717) is 5.92 Å². The summed E-state index contributed by atoms with van der Waals surface area (Å²) in [7, 11) is 0. The molecule has 0 radical (unpaired) electrons. The highest BCUT2D eigenvalue weighted by Gasteiger charge is 2.05. The largest absolute Gasteiger partial charge is 0.0863 e. The van der Waals surface area contributed by atoms with Gasteiger partial charge in [-0.25, -0.2) is 0 Å². The van der Waals surface area contributed by atoms with Gasteiger partial charge >= 0.3 is 0 Å². The van der Waals surface area contributed by atoms with Crippen LogP contribution in [0, 0.1) is 5.92 Å². The molecule has 1 unspecified atom stereocenters. The molecular formula is C12H15N3. The van der Waals surface area contributed by atoms with Crippen molar-refractivity contribution < 1.29 is 0 Å². The summed E-state index contributed by atoms with van der Waals surface area (Å²) in [6.45, 7) is 4.07. The highest BCUT2D eigenvalue weighted by Crippen LogP contribution is 2.11. The Hall–Kier alpha value is -1.73. The van der Waals surface area contributed by atoms with Gasteiger partial charge in [0.05, 0.1) is 6.04 Å². The van der Waals surface area contributed by atoms with Gasteiger partial charge in [0, 0.05) is 4.91 Å². The van der Waals surface area contributed by atoms with Gasteiger partial charge in [-0.3, -0.25) is 0 Å². The topological polar surface area (TPSA) is 48.8 Å². The quantitative estimate of drug-likeness (QED) is 0.401. The average Bonchev–Trinajstić information content (AvgIpc) is 2.25. The van der Waals surface area contributed by atoms with Gasteiger partial charge in [-0.2, -0.15) is 0 Å². The average molecular weight is 201 g/mol. The molecule has 0 saturated carbocycles. The molecule has 0 aliphatic carbocycles. The first kappa shape index (κ1) is 11.3. The second-order valence-corrected chi connectivity index (χ2v) is 3.71. The van der Waals surface area contributed by atoms with Gasteiger partial charge in [0.2, 0.25) is 0 Å². The van der Waals surface area contributed by atoms with E-state index in [9.17, 15) is 0 Å².